The highest BCUT2D eigenvalue weighted by Gasteiger charge is 2.15. The Hall–Kier alpha value is -2.60. The molecule has 0 N–H and O–H groups in total. The molecule has 2 heterocycles. The molecule has 3 rings (SSSR count). The summed E-state index contributed by atoms with van der Waals surface area (Å²) in [5.41, 5.74) is 1.43. The van der Waals surface area contributed by atoms with Crippen molar-refractivity contribution >= 4 is 28.4 Å². The van der Waals surface area contributed by atoms with E-state index in [4.69, 9.17) is 9.47 Å². The second kappa shape index (κ2) is 7.33. The van der Waals surface area contributed by atoms with Crippen LogP contribution in [0.4, 0.5) is 0 Å². The molecule has 6 heteroatoms. The largest absolute Gasteiger partial charge is 0.493 e. The zero-order valence-corrected chi connectivity index (χ0v) is 16.2. The standard InChI is InChI=1S/C20H22N2O3S/c1-20(2,3)13-25-18-14(6-5-7-16(18)24-4)8-9-15-12-17(23)22-10-11-26-19(22)21-15/h5-12H,13H2,1-4H3. The Balaban J connectivity index is 1.94. The normalized spacial score (nSPS) is 12.0. The Bertz CT molecular complexity index is 996. The summed E-state index contributed by atoms with van der Waals surface area (Å²) in [6.07, 6.45) is 5.44. The maximum atomic E-state index is 12.1. The summed E-state index contributed by atoms with van der Waals surface area (Å²) in [4.78, 5) is 17.3. The number of thiazole rings is 1. The van der Waals surface area contributed by atoms with Gasteiger partial charge in [-0.25, -0.2) is 4.98 Å². The number of nitrogens with zero attached hydrogens (tertiary/aromatic N) is 2. The summed E-state index contributed by atoms with van der Waals surface area (Å²) in [5, 5.41) is 1.84. The van der Waals surface area contributed by atoms with Gasteiger partial charge < -0.3 is 9.47 Å². The Morgan fingerprint density at radius 2 is 2.08 bits per heavy atom. The van der Waals surface area contributed by atoms with Crippen LogP contribution < -0.4 is 15.0 Å². The van der Waals surface area contributed by atoms with Gasteiger partial charge in [-0.05, 0) is 23.6 Å². The molecule has 5 nitrogen and oxygen atoms in total. The van der Waals surface area contributed by atoms with E-state index < -0.39 is 0 Å². The highest BCUT2D eigenvalue weighted by molar-refractivity contribution is 7.15. The molecule has 0 aliphatic heterocycles. The predicted molar refractivity (Wildman–Crippen MR) is 106 cm³/mol. The van der Waals surface area contributed by atoms with Gasteiger partial charge in [-0.15, -0.1) is 11.3 Å². The van der Waals surface area contributed by atoms with E-state index in [9.17, 15) is 4.79 Å². The van der Waals surface area contributed by atoms with Gasteiger partial charge in [0, 0.05) is 23.2 Å². The number of methoxy groups -OCH3 is 1. The van der Waals surface area contributed by atoms with Crippen LogP contribution in [0.3, 0.4) is 0 Å². The summed E-state index contributed by atoms with van der Waals surface area (Å²) >= 11 is 1.43. The fourth-order valence-electron chi connectivity index (χ4n) is 2.39. The quantitative estimate of drug-likeness (QED) is 0.670. The number of ether oxygens (including phenoxy) is 2. The van der Waals surface area contributed by atoms with E-state index in [2.05, 4.69) is 25.8 Å². The first-order chi connectivity index (χ1) is 12.4. The minimum Gasteiger partial charge on any atom is -0.493 e. The van der Waals surface area contributed by atoms with Gasteiger partial charge in [-0.2, -0.15) is 0 Å². The van der Waals surface area contributed by atoms with Gasteiger partial charge in [0.2, 0.25) is 0 Å². The van der Waals surface area contributed by atoms with Crippen LogP contribution in [0.5, 0.6) is 11.5 Å². The van der Waals surface area contributed by atoms with Crippen molar-refractivity contribution in [2.24, 2.45) is 5.41 Å². The van der Waals surface area contributed by atoms with Crippen molar-refractivity contribution in [3.05, 3.63) is 57.5 Å². The summed E-state index contributed by atoms with van der Waals surface area (Å²) in [7, 11) is 1.62. The topological polar surface area (TPSA) is 52.8 Å². The van der Waals surface area contributed by atoms with Crippen LogP contribution in [0.2, 0.25) is 0 Å². The van der Waals surface area contributed by atoms with Gasteiger partial charge in [-0.3, -0.25) is 9.20 Å². The van der Waals surface area contributed by atoms with Gasteiger partial charge in [0.05, 0.1) is 19.4 Å². The number of aromatic nitrogens is 2. The van der Waals surface area contributed by atoms with Gasteiger partial charge in [0.15, 0.2) is 16.5 Å². The smallest absolute Gasteiger partial charge is 0.259 e. The molecule has 1 aromatic carbocycles. The van der Waals surface area contributed by atoms with Crippen molar-refractivity contribution in [2.45, 2.75) is 20.8 Å². The van der Waals surface area contributed by atoms with Crippen LogP contribution in [0.15, 0.2) is 40.6 Å². The molecule has 0 fully saturated rings. The molecule has 3 aromatic rings. The highest BCUT2D eigenvalue weighted by atomic mass is 32.1. The van der Waals surface area contributed by atoms with E-state index in [1.807, 2.05) is 35.7 Å². The molecular formula is C20H22N2O3S. The predicted octanol–water partition coefficient (Wildman–Crippen LogP) is 4.36. The lowest BCUT2D eigenvalue weighted by Crippen LogP contribution is -2.17. The Morgan fingerprint density at radius 3 is 2.81 bits per heavy atom. The van der Waals surface area contributed by atoms with Crippen LogP contribution in [0, 0.1) is 5.41 Å². The van der Waals surface area contributed by atoms with Crippen LogP contribution in [0.25, 0.3) is 17.1 Å². The van der Waals surface area contributed by atoms with Gasteiger partial charge in [0.1, 0.15) is 0 Å². The number of para-hydroxylation sites is 1. The Kier molecular flexibility index (Phi) is 5.13. The molecule has 136 valence electrons. The lowest BCUT2D eigenvalue weighted by atomic mass is 9.98. The molecule has 0 spiro atoms. The monoisotopic (exact) mass is 370 g/mol. The molecule has 0 saturated heterocycles. The zero-order valence-electron chi connectivity index (χ0n) is 15.4. The van der Waals surface area contributed by atoms with Crippen molar-refractivity contribution in [2.75, 3.05) is 13.7 Å². The SMILES string of the molecule is COc1cccc(C=Cc2cc(=O)n3ccsc3n2)c1OCC(C)(C)C. The van der Waals surface area contributed by atoms with Gasteiger partial charge >= 0.3 is 0 Å². The van der Waals surface area contributed by atoms with Crippen LogP contribution in [-0.4, -0.2) is 23.1 Å². The molecule has 0 atom stereocenters. The van der Waals surface area contributed by atoms with Crippen LogP contribution in [-0.2, 0) is 0 Å². The van der Waals surface area contributed by atoms with E-state index in [1.165, 1.54) is 21.8 Å². The third-order valence-corrected chi connectivity index (χ3v) is 4.39. The minimum atomic E-state index is -0.0919. The number of hydrogen-bond acceptors (Lipinski definition) is 5. The molecule has 0 unspecified atom stereocenters. The molecule has 0 saturated carbocycles. The summed E-state index contributed by atoms with van der Waals surface area (Å²) in [5.74, 6) is 1.37. The second-order valence-corrected chi connectivity index (χ2v) is 8.01. The lowest BCUT2D eigenvalue weighted by Gasteiger charge is -2.21. The first kappa shape index (κ1) is 18.2. The molecule has 0 radical (unpaired) electrons. The maximum absolute atomic E-state index is 12.1. The molecule has 26 heavy (non-hydrogen) atoms. The number of hydrogen-bond donors (Lipinski definition) is 0. The van der Waals surface area contributed by atoms with Crippen molar-refractivity contribution in [1.29, 1.82) is 0 Å². The summed E-state index contributed by atoms with van der Waals surface area (Å²) < 4.78 is 13.0. The second-order valence-electron chi connectivity index (χ2n) is 7.14. The van der Waals surface area contributed by atoms with E-state index in [-0.39, 0.29) is 11.0 Å². The number of rotatable bonds is 5. The molecule has 0 aliphatic carbocycles. The number of benzene rings is 1. The van der Waals surface area contributed by atoms with Gasteiger partial charge in [-0.1, -0.05) is 32.9 Å². The molecule has 0 amide bonds. The lowest BCUT2D eigenvalue weighted by molar-refractivity contribution is 0.191. The van der Waals surface area contributed by atoms with Crippen molar-refractivity contribution in [1.82, 2.24) is 9.38 Å². The van der Waals surface area contributed by atoms with E-state index in [0.717, 1.165) is 5.56 Å². The van der Waals surface area contributed by atoms with Gasteiger partial charge in [0.25, 0.3) is 5.56 Å². The van der Waals surface area contributed by atoms with Crippen molar-refractivity contribution in [3.63, 3.8) is 0 Å². The van der Waals surface area contributed by atoms with Crippen LogP contribution in [0.1, 0.15) is 32.0 Å². The third-order valence-electron chi connectivity index (χ3n) is 3.64. The van der Waals surface area contributed by atoms with E-state index in [1.54, 1.807) is 13.3 Å². The van der Waals surface area contributed by atoms with E-state index in [0.29, 0.717) is 28.8 Å². The minimum absolute atomic E-state index is 0.0300. The van der Waals surface area contributed by atoms with Crippen LogP contribution >= 0.6 is 11.3 Å². The molecular weight excluding hydrogens is 348 g/mol. The molecule has 2 aromatic heterocycles. The Labute approximate surface area is 156 Å². The molecule has 0 bridgehead atoms. The summed E-state index contributed by atoms with van der Waals surface area (Å²) in [6.45, 7) is 6.91. The van der Waals surface area contributed by atoms with Crippen molar-refractivity contribution in [3.8, 4) is 11.5 Å². The average Bonchev–Trinajstić information content (AvgIpc) is 3.06. The maximum Gasteiger partial charge on any atom is 0.259 e. The summed E-state index contributed by atoms with van der Waals surface area (Å²) in [6, 6.07) is 7.25. The van der Waals surface area contributed by atoms with E-state index >= 15 is 0 Å². The first-order valence-corrected chi connectivity index (χ1v) is 9.20. The highest BCUT2D eigenvalue weighted by Crippen LogP contribution is 2.33. The number of fused-ring (bicyclic) bond motifs is 1. The van der Waals surface area contributed by atoms with Crippen molar-refractivity contribution < 1.29 is 9.47 Å². The first-order valence-electron chi connectivity index (χ1n) is 8.32. The average molecular weight is 370 g/mol. The fourth-order valence-corrected chi connectivity index (χ4v) is 3.11. The third kappa shape index (κ3) is 4.14. The fraction of sp³-hybridized carbons (Fsp3) is 0.300. The zero-order chi connectivity index (χ0) is 18.7. The Morgan fingerprint density at radius 1 is 1.27 bits per heavy atom. The molecule has 0 aliphatic rings.